The molecule has 2 fully saturated rings. The molecule has 1 saturated heterocycles. The van der Waals surface area contributed by atoms with Gasteiger partial charge in [0.25, 0.3) is 0 Å². The third-order valence-corrected chi connectivity index (χ3v) is 8.93. The smallest absolute Gasteiger partial charge is 0.169 e. The standard InChI is InChI=1S/C26H25NO4/c28-18-8-7-15-11-20-26(29)12-17-16-3-1-2-4-19(16)30-22(17)24-25(26,21(15)23(18)31-24)9-10-27(20)13-14-5-6-14/h1-4,7-8,14,20,24,28-29H,5-6,9-13H2/t20?,24?,25-,26+/m0/s1. The lowest BCUT2D eigenvalue weighted by molar-refractivity contribution is -0.175. The Hall–Kier alpha value is -2.50. The topological polar surface area (TPSA) is 66.1 Å². The molecule has 158 valence electrons. The highest BCUT2D eigenvalue weighted by atomic mass is 16.5. The number of furan rings is 1. The number of phenols is 1. The fourth-order valence-electron chi connectivity index (χ4n) is 7.42. The number of piperidine rings is 1. The number of para-hydroxylation sites is 1. The number of phenolic OH excluding ortho intramolecular Hbond substituents is 1. The maximum absolute atomic E-state index is 12.7. The number of aliphatic hydroxyl groups is 1. The summed E-state index contributed by atoms with van der Waals surface area (Å²) in [5.41, 5.74) is 2.65. The minimum atomic E-state index is -0.948. The number of hydrogen-bond donors (Lipinski definition) is 2. The van der Waals surface area contributed by atoms with Crippen LogP contribution in [0.15, 0.2) is 40.8 Å². The second-order valence-corrected chi connectivity index (χ2v) is 10.4. The molecule has 5 aliphatic rings. The van der Waals surface area contributed by atoms with E-state index in [1.807, 2.05) is 24.3 Å². The van der Waals surface area contributed by atoms with Crippen molar-refractivity contribution in [2.75, 3.05) is 13.1 Å². The van der Waals surface area contributed by atoms with Crippen LogP contribution in [-0.2, 0) is 18.3 Å². The molecule has 2 unspecified atom stereocenters. The minimum absolute atomic E-state index is 0.0535. The van der Waals surface area contributed by atoms with Crippen LogP contribution in [-0.4, -0.2) is 39.8 Å². The molecule has 2 N–H and O–H groups in total. The van der Waals surface area contributed by atoms with E-state index in [-0.39, 0.29) is 11.8 Å². The lowest BCUT2D eigenvalue weighted by Crippen LogP contribution is -2.74. The molecule has 2 bridgehead atoms. The van der Waals surface area contributed by atoms with Crippen LogP contribution in [0.2, 0.25) is 0 Å². The normalized spacial score (nSPS) is 35.0. The van der Waals surface area contributed by atoms with Crippen molar-refractivity contribution in [3.63, 3.8) is 0 Å². The van der Waals surface area contributed by atoms with Crippen molar-refractivity contribution in [2.45, 2.75) is 55.3 Å². The van der Waals surface area contributed by atoms with E-state index in [0.29, 0.717) is 12.2 Å². The molecule has 1 aromatic heterocycles. The number of likely N-dealkylation sites (tertiary alicyclic amines) is 1. The van der Waals surface area contributed by atoms with Gasteiger partial charge in [-0.1, -0.05) is 24.3 Å². The van der Waals surface area contributed by atoms with Crippen LogP contribution in [0.5, 0.6) is 11.5 Å². The van der Waals surface area contributed by atoms with Crippen molar-refractivity contribution in [2.24, 2.45) is 5.92 Å². The molecule has 5 nitrogen and oxygen atoms in total. The number of nitrogens with zero attached hydrogens (tertiary/aromatic N) is 1. The zero-order valence-electron chi connectivity index (χ0n) is 17.3. The molecule has 0 amide bonds. The fourth-order valence-corrected chi connectivity index (χ4v) is 7.42. The average molecular weight is 415 g/mol. The molecule has 1 saturated carbocycles. The summed E-state index contributed by atoms with van der Waals surface area (Å²) in [5, 5.41) is 24.5. The van der Waals surface area contributed by atoms with Gasteiger partial charge in [-0.15, -0.1) is 0 Å². The molecule has 4 atom stereocenters. The van der Waals surface area contributed by atoms with Gasteiger partial charge < -0.3 is 19.4 Å². The summed E-state index contributed by atoms with van der Waals surface area (Å²) in [7, 11) is 0. The van der Waals surface area contributed by atoms with Crippen molar-refractivity contribution in [3.05, 3.63) is 58.8 Å². The van der Waals surface area contributed by atoms with Crippen LogP contribution in [0.4, 0.5) is 0 Å². The molecule has 8 rings (SSSR count). The van der Waals surface area contributed by atoms with Crippen molar-refractivity contribution < 1.29 is 19.4 Å². The van der Waals surface area contributed by atoms with Gasteiger partial charge in [-0.2, -0.15) is 0 Å². The molecule has 0 radical (unpaired) electrons. The maximum Gasteiger partial charge on any atom is 0.169 e. The summed E-state index contributed by atoms with van der Waals surface area (Å²) in [4.78, 5) is 2.56. The second kappa shape index (κ2) is 5.28. The first-order chi connectivity index (χ1) is 15.1. The number of rotatable bonds is 2. The van der Waals surface area contributed by atoms with E-state index in [2.05, 4.69) is 11.0 Å². The molecule has 3 heterocycles. The van der Waals surface area contributed by atoms with Gasteiger partial charge >= 0.3 is 0 Å². The molecule has 2 aliphatic heterocycles. The maximum atomic E-state index is 12.7. The SMILES string of the molecule is Oc1ccc2c3c1OC1c4oc5ccccc5c4C[C@@]4(O)C(C2)N(CC2CC2)CC[C@]314. The largest absolute Gasteiger partial charge is 0.504 e. The number of aromatic hydroxyl groups is 1. The second-order valence-electron chi connectivity index (χ2n) is 10.4. The van der Waals surface area contributed by atoms with Gasteiger partial charge in [-0.05, 0) is 55.8 Å². The van der Waals surface area contributed by atoms with Gasteiger partial charge in [0.15, 0.2) is 17.6 Å². The van der Waals surface area contributed by atoms with Crippen LogP contribution in [0, 0.1) is 5.92 Å². The average Bonchev–Trinajstić information content (AvgIpc) is 3.40. The third kappa shape index (κ3) is 1.84. The van der Waals surface area contributed by atoms with E-state index < -0.39 is 17.1 Å². The van der Waals surface area contributed by atoms with E-state index in [1.54, 1.807) is 6.07 Å². The van der Waals surface area contributed by atoms with Crippen molar-refractivity contribution in [1.29, 1.82) is 0 Å². The molecule has 5 heteroatoms. The van der Waals surface area contributed by atoms with E-state index >= 15 is 0 Å². The third-order valence-electron chi connectivity index (χ3n) is 8.93. The van der Waals surface area contributed by atoms with Crippen LogP contribution >= 0.6 is 0 Å². The van der Waals surface area contributed by atoms with Gasteiger partial charge in [-0.25, -0.2) is 0 Å². The van der Waals surface area contributed by atoms with E-state index in [9.17, 15) is 10.2 Å². The zero-order chi connectivity index (χ0) is 20.5. The Morgan fingerprint density at radius 1 is 1.13 bits per heavy atom. The summed E-state index contributed by atoms with van der Waals surface area (Å²) in [6, 6.07) is 12.0. The van der Waals surface area contributed by atoms with Gasteiger partial charge in [0, 0.05) is 35.5 Å². The first-order valence-corrected chi connectivity index (χ1v) is 11.6. The Kier molecular flexibility index (Phi) is 2.91. The monoisotopic (exact) mass is 415 g/mol. The fraction of sp³-hybridized carbons (Fsp3) is 0.462. The molecular weight excluding hydrogens is 390 g/mol. The molecule has 1 spiro atoms. The first kappa shape index (κ1) is 17.1. The Balaban J connectivity index is 1.43. The van der Waals surface area contributed by atoms with Crippen molar-refractivity contribution in [3.8, 4) is 11.5 Å². The predicted octanol–water partition coefficient (Wildman–Crippen LogP) is 3.84. The van der Waals surface area contributed by atoms with Crippen LogP contribution in [0.1, 0.15) is 47.8 Å². The number of benzene rings is 2. The van der Waals surface area contributed by atoms with Crippen molar-refractivity contribution >= 4 is 11.0 Å². The number of fused-ring (bicyclic) bond motifs is 4. The summed E-state index contributed by atoms with van der Waals surface area (Å²) < 4.78 is 12.9. The Morgan fingerprint density at radius 2 is 2.00 bits per heavy atom. The number of ether oxygens (including phenoxy) is 1. The Bertz CT molecular complexity index is 1280. The van der Waals surface area contributed by atoms with Gasteiger partial charge in [0.1, 0.15) is 11.3 Å². The molecule has 31 heavy (non-hydrogen) atoms. The zero-order valence-corrected chi connectivity index (χ0v) is 17.3. The minimum Gasteiger partial charge on any atom is -0.504 e. The summed E-state index contributed by atoms with van der Waals surface area (Å²) >= 11 is 0. The predicted molar refractivity (Wildman–Crippen MR) is 114 cm³/mol. The van der Waals surface area contributed by atoms with Crippen LogP contribution in [0.3, 0.4) is 0 Å². The van der Waals surface area contributed by atoms with Crippen LogP contribution in [0.25, 0.3) is 11.0 Å². The quantitative estimate of drug-likeness (QED) is 0.666. The van der Waals surface area contributed by atoms with Gasteiger partial charge in [0.2, 0.25) is 0 Å². The summed E-state index contributed by atoms with van der Waals surface area (Å²) in [5.74, 6) is 2.34. The molecule has 3 aliphatic carbocycles. The van der Waals surface area contributed by atoms with Crippen LogP contribution < -0.4 is 4.74 Å². The lowest BCUT2D eigenvalue weighted by atomic mass is 9.49. The van der Waals surface area contributed by atoms with E-state index in [1.165, 1.54) is 18.4 Å². The highest BCUT2D eigenvalue weighted by molar-refractivity contribution is 5.84. The lowest BCUT2D eigenvalue weighted by Gasteiger charge is -2.62. The summed E-state index contributed by atoms with van der Waals surface area (Å²) in [6.07, 6.45) is 4.40. The Labute approximate surface area is 180 Å². The van der Waals surface area contributed by atoms with Crippen molar-refractivity contribution in [1.82, 2.24) is 4.90 Å². The van der Waals surface area contributed by atoms with E-state index in [4.69, 9.17) is 9.15 Å². The first-order valence-electron chi connectivity index (χ1n) is 11.6. The number of hydrogen-bond acceptors (Lipinski definition) is 5. The molecule has 2 aromatic carbocycles. The molecule has 3 aromatic rings. The summed E-state index contributed by atoms with van der Waals surface area (Å²) in [6.45, 7) is 2.03. The van der Waals surface area contributed by atoms with E-state index in [0.717, 1.165) is 59.7 Å². The highest BCUT2D eigenvalue weighted by Gasteiger charge is 2.73. The highest BCUT2D eigenvalue weighted by Crippen LogP contribution is 2.69. The van der Waals surface area contributed by atoms with Gasteiger partial charge in [0.05, 0.1) is 11.0 Å². The van der Waals surface area contributed by atoms with Gasteiger partial charge in [-0.3, -0.25) is 4.90 Å². The Morgan fingerprint density at radius 3 is 2.87 bits per heavy atom. The molecular formula is C26H25NO4.